The summed E-state index contributed by atoms with van der Waals surface area (Å²) in [5.74, 6) is -0.0747. The number of carbonyl (C=O) groups is 2. The van der Waals surface area contributed by atoms with E-state index in [-0.39, 0.29) is 5.91 Å². The lowest BCUT2D eigenvalue weighted by molar-refractivity contribution is -0.119. The third-order valence-corrected chi connectivity index (χ3v) is 4.46. The lowest BCUT2D eigenvalue weighted by atomic mass is 10.3. The SMILES string of the molecule is O=CN1CCN(C(=O)c2cc(Cl)c(Cl)s2)CC1. The van der Waals surface area contributed by atoms with Crippen molar-refractivity contribution in [3.8, 4) is 0 Å². The van der Waals surface area contributed by atoms with Gasteiger partial charge in [0.15, 0.2) is 0 Å². The second-order valence-corrected chi connectivity index (χ2v) is 5.73. The lowest BCUT2D eigenvalue weighted by Gasteiger charge is -2.32. The van der Waals surface area contributed by atoms with Gasteiger partial charge in [-0.3, -0.25) is 9.59 Å². The van der Waals surface area contributed by atoms with E-state index in [2.05, 4.69) is 0 Å². The number of rotatable bonds is 2. The fourth-order valence-electron chi connectivity index (χ4n) is 1.64. The monoisotopic (exact) mass is 292 g/mol. The second kappa shape index (κ2) is 5.25. The molecule has 1 fully saturated rings. The Morgan fingerprint density at radius 3 is 2.41 bits per heavy atom. The number of carbonyl (C=O) groups excluding carboxylic acids is 2. The minimum atomic E-state index is -0.0747. The molecule has 0 aliphatic carbocycles. The highest BCUT2D eigenvalue weighted by atomic mass is 35.5. The number of hydrogen-bond acceptors (Lipinski definition) is 3. The van der Waals surface area contributed by atoms with Crippen LogP contribution in [-0.4, -0.2) is 48.3 Å². The van der Waals surface area contributed by atoms with Crippen LogP contribution in [0.5, 0.6) is 0 Å². The van der Waals surface area contributed by atoms with Crippen molar-refractivity contribution in [1.29, 1.82) is 0 Å². The van der Waals surface area contributed by atoms with Crippen LogP contribution in [0, 0.1) is 0 Å². The highest BCUT2D eigenvalue weighted by molar-refractivity contribution is 7.18. The summed E-state index contributed by atoms with van der Waals surface area (Å²) in [5, 5.41) is 0.409. The van der Waals surface area contributed by atoms with E-state index in [1.807, 2.05) is 0 Å². The molecule has 2 heterocycles. The summed E-state index contributed by atoms with van der Waals surface area (Å²) in [6.07, 6.45) is 0.806. The van der Waals surface area contributed by atoms with Crippen LogP contribution in [0.15, 0.2) is 6.07 Å². The Kier molecular flexibility index (Phi) is 3.91. The molecule has 7 heteroatoms. The molecule has 0 saturated carbocycles. The van der Waals surface area contributed by atoms with Gasteiger partial charge in [-0.2, -0.15) is 0 Å². The predicted octanol–water partition coefficient (Wildman–Crippen LogP) is 1.97. The quantitative estimate of drug-likeness (QED) is 0.782. The molecule has 1 aliphatic rings. The van der Waals surface area contributed by atoms with Crippen molar-refractivity contribution in [2.24, 2.45) is 0 Å². The molecular formula is C10H10Cl2N2O2S. The van der Waals surface area contributed by atoms with Crippen molar-refractivity contribution < 1.29 is 9.59 Å². The first-order valence-corrected chi connectivity index (χ1v) is 6.62. The van der Waals surface area contributed by atoms with Gasteiger partial charge in [-0.05, 0) is 6.07 Å². The zero-order valence-corrected chi connectivity index (χ0v) is 11.2. The van der Waals surface area contributed by atoms with E-state index in [0.717, 1.165) is 6.41 Å². The van der Waals surface area contributed by atoms with Crippen LogP contribution in [0.4, 0.5) is 0 Å². The Labute approximate surface area is 113 Å². The molecule has 0 bridgehead atoms. The van der Waals surface area contributed by atoms with Gasteiger partial charge in [0, 0.05) is 26.2 Å². The molecule has 1 aromatic heterocycles. The van der Waals surface area contributed by atoms with Crippen molar-refractivity contribution in [1.82, 2.24) is 9.80 Å². The maximum atomic E-state index is 12.1. The fraction of sp³-hybridized carbons (Fsp3) is 0.400. The van der Waals surface area contributed by atoms with Gasteiger partial charge >= 0.3 is 0 Å². The van der Waals surface area contributed by atoms with E-state index in [4.69, 9.17) is 23.2 Å². The van der Waals surface area contributed by atoms with Crippen LogP contribution in [0.1, 0.15) is 9.67 Å². The molecule has 17 heavy (non-hydrogen) atoms. The van der Waals surface area contributed by atoms with Gasteiger partial charge in [0.2, 0.25) is 6.41 Å². The van der Waals surface area contributed by atoms with Crippen LogP contribution in [0.25, 0.3) is 0 Å². The van der Waals surface area contributed by atoms with Gasteiger partial charge < -0.3 is 9.80 Å². The Morgan fingerprint density at radius 2 is 1.94 bits per heavy atom. The largest absolute Gasteiger partial charge is 0.342 e. The van der Waals surface area contributed by atoms with Crippen molar-refractivity contribution in [2.45, 2.75) is 0 Å². The smallest absolute Gasteiger partial charge is 0.264 e. The fourth-order valence-corrected chi connectivity index (χ4v) is 2.97. The average molecular weight is 293 g/mol. The first kappa shape index (κ1) is 12.7. The van der Waals surface area contributed by atoms with Crippen LogP contribution < -0.4 is 0 Å². The van der Waals surface area contributed by atoms with Gasteiger partial charge in [0.05, 0.1) is 9.90 Å². The Bertz CT molecular complexity index is 422. The zero-order valence-electron chi connectivity index (χ0n) is 8.86. The van der Waals surface area contributed by atoms with Crippen molar-refractivity contribution in [3.63, 3.8) is 0 Å². The molecule has 0 N–H and O–H groups in total. The molecule has 1 saturated heterocycles. The van der Waals surface area contributed by atoms with Gasteiger partial charge in [-0.15, -0.1) is 11.3 Å². The molecule has 0 unspecified atom stereocenters. The Morgan fingerprint density at radius 1 is 1.29 bits per heavy atom. The highest BCUT2D eigenvalue weighted by Crippen LogP contribution is 2.32. The van der Waals surface area contributed by atoms with Gasteiger partial charge in [0.1, 0.15) is 4.34 Å². The minimum Gasteiger partial charge on any atom is -0.342 e. The van der Waals surface area contributed by atoms with E-state index in [1.165, 1.54) is 11.3 Å². The Hall–Kier alpha value is -0.780. The number of amides is 2. The summed E-state index contributed by atoms with van der Waals surface area (Å²) in [6.45, 7) is 2.24. The zero-order chi connectivity index (χ0) is 12.4. The predicted molar refractivity (Wildman–Crippen MR) is 67.9 cm³/mol. The highest BCUT2D eigenvalue weighted by Gasteiger charge is 2.23. The van der Waals surface area contributed by atoms with Gasteiger partial charge in [0.25, 0.3) is 5.91 Å². The van der Waals surface area contributed by atoms with Gasteiger partial charge in [-0.1, -0.05) is 23.2 Å². The molecule has 1 aromatic rings. The molecule has 1 aliphatic heterocycles. The number of thiophene rings is 1. The van der Waals surface area contributed by atoms with Gasteiger partial charge in [-0.25, -0.2) is 0 Å². The Balaban J connectivity index is 2.04. The molecule has 2 amide bonds. The minimum absolute atomic E-state index is 0.0747. The third kappa shape index (κ3) is 2.73. The summed E-state index contributed by atoms with van der Waals surface area (Å²) in [5.41, 5.74) is 0. The molecule has 2 rings (SSSR count). The second-order valence-electron chi connectivity index (χ2n) is 3.67. The van der Waals surface area contributed by atoms with Crippen LogP contribution in [0.3, 0.4) is 0 Å². The van der Waals surface area contributed by atoms with Crippen molar-refractivity contribution in [2.75, 3.05) is 26.2 Å². The summed E-state index contributed by atoms with van der Waals surface area (Å²) in [4.78, 5) is 26.5. The van der Waals surface area contributed by atoms with E-state index >= 15 is 0 Å². The molecule has 0 radical (unpaired) electrons. The summed E-state index contributed by atoms with van der Waals surface area (Å²) >= 11 is 12.8. The topological polar surface area (TPSA) is 40.6 Å². The number of piperazine rings is 1. The van der Waals surface area contributed by atoms with E-state index in [1.54, 1.807) is 15.9 Å². The lowest BCUT2D eigenvalue weighted by Crippen LogP contribution is -2.47. The molecule has 0 aromatic carbocycles. The summed E-state index contributed by atoms with van der Waals surface area (Å²) < 4.78 is 0.432. The maximum absolute atomic E-state index is 12.1. The molecule has 92 valence electrons. The van der Waals surface area contributed by atoms with E-state index in [0.29, 0.717) is 40.4 Å². The normalized spacial score (nSPS) is 16.1. The number of hydrogen-bond donors (Lipinski definition) is 0. The molecule has 0 atom stereocenters. The molecular weight excluding hydrogens is 283 g/mol. The third-order valence-electron chi connectivity index (χ3n) is 2.61. The van der Waals surface area contributed by atoms with E-state index in [9.17, 15) is 9.59 Å². The van der Waals surface area contributed by atoms with E-state index < -0.39 is 0 Å². The van der Waals surface area contributed by atoms with Crippen molar-refractivity contribution >= 4 is 46.9 Å². The summed E-state index contributed by atoms with van der Waals surface area (Å²) in [6, 6.07) is 1.59. The molecule has 0 spiro atoms. The van der Waals surface area contributed by atoms with Crippen molar-refractivity contribution in [3.05, 3.63) is 20.3 Å². The summed E-state index contributed by atoms with van der Waals surface area (Å²) in [7, 11) is 0. The standard InChI is InChI=1S/C10H10Cl2N2O2S/c11-7-5-8(17-9(7)12)10(16)14-3-1-13(6-15)2-4-14/h5-6H,1-4H2. The van der Waals surface area contributed by atoms with Crippen LogP contribution in [-0.2, 0) is 4.79 Å². The number of halogens is 2. The average Bonchev–Trinajstić information content (AvgIpc) is 2.69. The first-order valence-electron chi connectivity index (χ1n) is 5.05. The van der Waals surface area contributed by atoms with Crippen LogP contribution >= 0.6 is 34.5 Å². The van der Waals surface area contributed by atoms with Crippen LogP contribution in [0.2, 0.25) is 9.36 Å². The maximum Gasteiger partial charge on any atom is 0.264 e. The first-order chi connectivity index (χ1) is 8.11. The number of nitrogens with zero attached hydrogens (tertiary/aromatic N) is 2. The molecule has 4 nitrogen and oxygen atoms in total.